The molecule has 2 heterocycles. The number of nitrogen functional groups attached to an aromatic ring is 1. The highest BCUT2D eigenvalue weighted by molar-refractivity contribution is 14.1. The lowest BCUT2D eigenvalue weighted by atomic mass is 10.2. The van der Waals surface area contributed by atoms with Crippen LogP contribution in [0.25, 0.3) is 11.0 Å². The zero-order chi connectivity index (χ0) is 13.6. The molecule has 1 aromatic carbocycles. The van der Waals surface area contributed by atoms with Crippen molar-refractivity contribution < 1.29 is 8.42 Å². The minimum atomic E-state index is -2.96. The number of aromatic nitrogens is 2. The Kier molecular flexibility index (Phi) is 3.20. The molecule has 0 aliphatic carbocycles. The lowest BCUT2D eigenvalue weighted by Crippen LogP contribution is -2.28. The molecule has 0 radical (unpaired) electrons. The number of nitrogens with two attached hydrogens (primary N) is 1. The fraction of sp³-hybridized carbons (Fsp3) is 0.417. The summed E-state index contributed by atoms with van der Waals surface area (Å²) in [5.41, 5.74) is 7.72. The molecule has 19 heavy (non-hydrogen) atoms. The van der Waals surface area contributed by atoms with Gasteiger partial charge in [-0.25, -0.2) is 13.4 Å². The zero-order valence-electron chi connectivity index (χ0n) is 10.2. The number of benzene rings is 1. The fourth-order valence-electron chi connectivity index (χ4n) is 2.68. The van der Waals surface area contributed by atoms with Gasteiger partial charge in [0, 0.05) is 3.57 Å². The number of hydrogen-bond donors (Lipinski definition) is 1. The van der Waals surface area contributed by atoms with E-state index < -0.39 is 9.84 Å². The maximum absolute atomic E-state index is 11.8. The Balaban J connectivity index is 2.12. The number of hydrogen-bond acceptors (Lipinski definition) is 4. The van der Waals surface area contributed by atoms with Crippen molar-refractivity contribution in [1.82, 2.24) is 9.55 Å². The van der Waals surface area contributed by atoms with Crippen LogP contribution >= 0.6 is 22.6 Å². The Morgan fingerprint density at radius 1 is 1.42 bits per heavy atom. The molecule has 0 spiro atoms. The van der Waals surface area contributed by atoms with E-state index in [0.717, 1.165) is 21.0 Å². The van der Waals surface area contributed by atoms with Gasteiger partial charge in [0.15, 0.2) is 9.84 Å². The monoisotopic (exact) mass is 391 g/mol. The summed E-state index contributed by atoms with van der Waals surface area (Å²) in [6.45, 7) is 0. The smallest absolute Gasteiger partial charge is 0.201 e. The molecule has 1 aliphatic heterocycles. The molecular formula is C12H14IN3O2S. The summed E-state index contributed by atoms with van der Waals surface area (Å²) in [6.07, 6.45) is 1.53. The minimum Gasteiger partial charge on any atom is -0.369 e. The second kappa shape index (κ2) is 4.62. The number of anilines is 1. The van der Waals surface area contributed by atoms with E-state index in [1.807, 2.05) is 22.8 Å². The van der Waals surface area contributed by atoms with Gasteiger partial charge in [-0.05, 0) is 53.6 Å². The average Bonchev–Trinajstić information content (AvgIpc) is 2.62. The maximum atomic E-state index is 11.8. The molecule has 2 aromatic rings. The molecule has 0 amide bonds. The molecule has 1 atom stereocenters. The van der Waals surface area contributed by atoms with Crippen LogP contribution in [0.15, 0.2) is 18.2 Å². The van der Waals surface area contributed by atoms with Gasteiger partial charge in [-0.1, -0.05) is 0 Å². The van der Waals surface area contributed by atoms with E-state index in [-0.39, 0.29) is 17.5 Å². The third-order valence-corrected chi connectivity index (χ3v) is 5.96. The fourth-order valence-corrected chi connectivity index (χ4v) is 4.83. The minimum absolute atomic E-state index is 0.0937. The largest absolute Gasteiger partial charge is 0.369 e. The molecule has 7 heteroatoms. The SMILES string of the molecule is Nc1nc2cc(I)ccc2n1C1CCCS(=O)(=O)C1. The summed E-state index contributed by atoms with van der Waals surface area (Å²) in [5, 5.41) is 0. The quantitative estimate of drug-likeness (QED) is 0.755. The first kappa shape index (κ1) is 13.2. The number of halogens is 1. The normalized spacial score (nSPS) is 22.7. The summed E-state index contributed by atoms with van der Waals surface area (Å²) in [6, 6.07) is 5.81. The molecule has 1 unspecified atom stereocenters. The number of fused-ring (bicyclic) bond motifs is 1. The predicted molar refractivity (Wildman–Crippen MR) is 83.8 cm³/mol. The molecule has 1 fully saturated rings. The van der Waals surface area contributed by atoms with Crippen LogP contribution in [0.5, 0.6) is 0 Å². The van der Waals surface area contributed by atoms with Crippen LogP contribution in [0.2, 0.25) is 0 Å². The van der Waals surface area contributed by atoms with Crippen LogP contribution < -0.4 is 5.73 Å². The molecule has 0 bridgehead atoms. The van der Waals surface area contributed by atoms with Gasteiger partial charge in [-0.15, -0.1) is 0 Å². The molecule has 1 aromatic heterocycles. The molecule has 2 N–H and O–H groups in total. The van der Waals surface area contributed by atoms with Crippen LogP contribution in [-0.2, 0) is 9.84 Å². The third-order valence-electron chi connectivity index (χ3n) is 3.48. The Bertz CT molecular complexity index is 739. The number of sulfone groups is 1. The van der Waals surface area contributed by atoms with Gasteiger partial charge < -0.3 is 10.3 Å². The lowest BCUT2D eigenvalue weighted by Gasteiger charge is -2.24. The topological polar surface area (TPSA) is 78.0 Å². The van der Waals surface area contributed by atoms with Crippen molar-refractivity contribution >= 4 is 49.4 Å². The molecular weight excluding hydrogens is 377 g/mol. The number of nitrogens with zero attached hydrogens (tertiary/aromatic N) is 2. The highest BCUT2D eigenvalue weighted by atomic mass is 127. The first-order chi connectivity index (χ1) is 8.96. The van der Waals surface area contributed by atoms with E-state index in [4.69, 9.17) is 5.73 Å². The second-order valence-corrected chi connectivity index (χ2v) is 8.36. The maximum Gasteiger partial charge on any atom is 0.201 e. The second-order valence-electron chi connectivity index (χ2n) is 4.88. The van der Waals surface area contributed by atoms with E-state index in [9.17, 15) is 8.42 Å². The summed E-state index contributed by atoms with van der Waals surface area (Å²) in [4.78, 5) is 4.34. The highest BCUT2D eigenvalue weighted by Gasteiger charge is 2.28. The van der Waals surface area contributed by atoms with Gasteiger partial charge in [-0.3, -0.25) is 0 Å². The van der Waals surface area contributed by atoms with Gasteiger partial charge in [0.05, 0.1) is 28.6 Å². The standard InChI is InChI=1S/C12H14IN3O2S/c13-8-3-4-11-10(6-8)15-12(14)16(11)9-2-1-5-19(17,18)7-9/h3-4,6,9H,1-2,5,7H2,(H2,14,15). The molecule has 3 rings (SSSR count). The van der Waals surface area contributed by atoms with Crippen molar-refractivity contribution in [1.29, 1.82) is 0 Å². The average molecular weight is 391 g/mol. The highest BCUT2D eigenvalue weighted by Crippen LogP contribution is 2.30. The van der Waals surface area contributed by atoms with Crippen molar-refractivity contribution in [2.24, 2.45) is 0 Å². The van der Waals surface area contributed by atoms with Crippen LogP contribution in [0.4, 0.5) is 5.95 Å². The van der Waals surface area contributed by atoms with E-state index >= 15 is 0 Å². The van der Waals surface area contributed by atoms with Gasteiger partial charge in [0.1, 0.15) is 0 Å². The summed E-state index contributed by atoms with van der Waals surface area (Å²) >= 11 is 2.22. The van der Waals surface area contributed by atoms with Crippen molar-refractivity contribution in [2.75, 3.05) is 17.2 Å². The third kappa shape index (κ3) is 2.45. The summed E-state index contributed by atoms with van der Waals surface area (Å²) in [5.74, 6) is 0.849. The van der Waals surface area contributed by atoms with Crippen molar-refractivity contribution in [3.05, 3.63) is 21.8 Å². The van der Waals surface area contributed by atoms with Gasteiger partial charge in [0.2, 0.25) is 5.95 Å². The summed E-state index contributed by atoms with van der Waals surface area (Å²) < 4.78 is 26.5. The van der Waals surface area contributed by atoms with Crippen LogP contribution in [-0.4, -0.2) is 29.5 Å². The van der Waals surface area contributed by atoms with Crippen molar-refractivity contribution in [3.8, 4) is 0 Å². The molecule has 5 nitrogen and oxygen atoms in total. The first-order valence-electron chi connectivity index (χ1n) is 6.10. The van der Waals surface area contributed by atoms with Gasteiger partial charge in [0.25, 0.3) is 0 Å². The van der Waals surface area contributed by atoms with Gasteiger partial charge >= 0.3 is 0 Å². The van der Waals surface area contributed by atoms with Gasteiger partial charge in [-0.2, -0.15) is 0 Å². The lowest BCUT2D eigenvalue weighted by molar-refractivity contribution is 0.483. The first-order valence-corrected chi connectivity index (χ1v) is 9.00. The Morgan fingerprint density at radius 3 is 2.95 bits per heavy atom. The molecule has 1 saturated heterocycles. The molecule has 0 saturated carbocycles. The van der Waals surface area contributed by atoms with Crippen molar-refractivity contribution in [2.45, 2.75) is 18.9 Å². The van der Waals surface area contributed by atoms with Crippen molar-refractivity contribution in [3.63, 3.8) is 0 Å². The van der Waals surface area contributed by atoms with E-state index in [0.29, 0.717) is 12.4 Å². The number of rotatable bonds is 1. The Morgan fingerprint density at radius 2 is 2.21 bits per heavy atom. The van der Waals surface area contributed by atoms with E-state index in [1.165, 1.54) is 0 Å². The molecule has 1 aliphatic rings. The Hall–Kier alpha value is -0.830. The van der Waals surface area contributed by atoms with Crippen LogP contribution in [0, 0.1) is 3.57 Å². The summed E-state index contributed by atoms with van der Waals surface area (Å²) in [7, 11) is -2.96. The number of imidazole rings is 1. The van der Waals surface area contributed by atoms with Crippen LogP contribution in [0.1, 0.15) is 18.9 Å². The van der Waals surface area contributed by atoms with E-state index in [1.54, 1.807) is 0 Å². The molecule has 102 valence electrons. The van der Waals surface area contributed by atoms with E-state index in [2.05, 4.69) is 27.6 Å². The Labute approximate surface area is 125 Å². The zero-order valence-corrected chi connectivity index (χ0v) is 13.2. The predicted octanol–water partition coefficient (Wildman–Crippen LogP) is 1.97. The van der Waals surface area contributed by atoms with Crippen LogP contribution in [0.3, 0.4) is 0 Å².